The van der Waals surface area contributed by atoms with Gasteiger partial charge in [-0.15, -0.1) is 0 Å². The summed E-state index contributed by atoms with van der Waals surface area (Å²) >= 11 is 3.47. The molecule has 0 radical (unpaired) electrons. The Labute approximate surface area is 194 Å². The SMILES string of the molecule is Cc1ccc(C(=O)NN2C[C@@H](C(=O)OCC(=O)Nc3cc(C)c(Br)c(C)c3)CC2=O)cc1. The highest BCUT2D eigenvalue weighted by Gasteiger charge is 2.36. The Kier molecular flexibility index (Phi) is 7.29. The Bertz CT molecular complexity index is 1040. The molecule has 3 rings (SSSR count). The number of ether oxygens (including phenoxy) is 1. The summed E-state index contributed by atoms with van der Waals surface area (Å²) in [4.78, 5) is 49.0. The molecule has 9 heteroatoms. The summed E-state index contributed by atoms with van der Waals surface area (Å²) in [5, 5.41) is 3.80. The number of carbonyl (C=O) groups excluding carboxylic acids is 4. The van der Waals surface area contributed by atoms with Crippen molar-refractivity contribution in [3.05, 3.63) is 63.1 Å². The van der Waals surface area contributed by atoms with Crippen LogP contribution >= 0.6 is 15.9 Å². The number of aryl methyl sites for hydroxylation is 3. The molecule has 2 aromatic rings. The zero-order valence-corrected chi connectivity index (χ0v) is 19.6. The second-order valence-electron chi connectivity index (χ2n) is 7.79. The minimum absolute atomic E-state index is 0.0119. The molecule has 32 heavy (non-hydrogen) atoms. The summed E-state index contributed by atoms with van der Waals surface area (Å²) < 4.78 is 6.06. The first-order chi connectivity index (χ1) is 15.1. The number of carbonyl (C=O) groups is 4. The predicted octanol–water partition coefficient (Wildman–Crippen LogP) is 3.05. The first-order valence-corrected chi connectivity index (χ1v) is 10.8. The van der Waals surface area contributed by atoms with E-state index in [1.54, 1.807) is 36.4 Å². The van der Waals surface area contributed by atoms with Crippen LogP contribution in [-0.4, -0.2) is 41.9 Å². The molecule has 0 unspecified atom stereocenters. The lowest BCUT2D eigenvalue weighted by atomic mass is 10.1. The van der Waals surface area contributed by atoms with Crippen LogP contribution in [0.1, 0.15) is 33.5 Å². The van der Waals surface area contributed by atoms with Gasteiger partial charge in [-0.05, 0) is 56.2 Å². The number of nitrogens with zero attached hydrogens (tertiary/aromatic N) is 1. The van der Waals surface area contributed by atoms with E-state index in [1.807, 2.05) is 20.8 Å². The van der Waals surface area contributed by atoms with E-state index in [9.17, 15) is 19.2 Å². The van der Waals surface area contributed by atoms with E-state index in [0.29, 0.717) is 11.3 Å². The van der Waals surface area contributed by atoms with E-state index in [2.05, 4.69) is 26.7 Å². The second kappa shape index (κ2) is 9.95. The van der Waals surface area contributed by atoms with Gasteiger partial charge in [0.1, 0.15) is 0 Å². The zero-order valence-electron chi connectivity index (χ0n) is 18.0. The van der Waals surface area contributed by atoms with Crippen LogP contribution < -0.4 is 10.7 Å². The van der Waals surface area contributed by atoms with Gasteiger partial charge in [0, 0.05) is 22.1 Å². The summed E-state index contributed by atoms with van der Waals surface area (Å²) in [6, 6.07) is 10.5. The monoisotopic (exact) mass is 501 g/mol. The van der Waals surface area contributed by atoms with Gasteiger partial charge in [0.15, 0.2) is 6.61 Å². The molecule has 2 N–H and O–H groups in total. The molecule has 0 bridgehead atoms. The lowest BCUT2D eigenvalue weighted by Crippen LogP contribution is -2.43. The predicted molar refractivity (Wildman–Crippen MR) is 122 cm³/mol. The average Bonchev–Trinajstić information content (AvgIpc) is 3.11. The van der Waals surface area contributed by atoms with Gasteiger partial charge in [-0.1, -0.05) is 33.6 Å². The van der Waals surface area contributed by atoms with Gasteiger partial charge < -0.3 is 10.1 Å². The number of halogens is 1. The topological polar surface area (TPSA) is 105 Å². The molecule has 0 aromatic heterocycles. The molecule has 0 saturated carbocycles. The third-order valence-electron chi connectivity index (χ3n) is 5.07. The van der Waals surface area contributed by atoms with E-state index < -0.39 is 36.2 Å². The van der Waals surface area contributed by atoms with Crippen molar-refractivity contribution in [2.45, 2.75) is 27.2 Å². The Morgan fingerprint density at radius 3 is 2.34 bits per heavy atom. The van der Waals surface area contributed by atoms with Gasteiger partial charge in [-0.25, -0.2) is 0 Å². The van der Waals surface area contributed by atoms with Crippen molar-refractivity contribution >= 4 is 45.3 Å². The van der Waals surface area contributed by atoms with Crippen molar-refractivity contribution in [1.82, 2.24) is 10.4 Å². The maximum atomic E-state index is 12.3. The number of amides is 3. The molecule has 3 amide bonds. The average molecular weight is 502 g/mol. The maximum absolute atomic E-state index is 12.3. The van der Waals surface area contributed by atoms with Crippen molar-refractivity contribution in [1.29, 1.82) is 0 Å². The third kappa shape index (κ3) is 5.73. The molecular formula is C23H24BrN3O5. The lowest BCUT2D eigenvalue weighted by Gasteiger charge is -2.17. The third-order valence-corrected chi connectivity index (χ3v) is 6.33. The number of hydrogen-bond donors (Lipinski definition) is 2. The van der Waals surface area contributed by atoms with Gasteiger partial charge in [-0.3, -0.25) is 29.6 Å². The van der Waals surface area contributed by atoms with Crippen molar-refractivity contribution < 1.29 is 23.9 Å². The van der Waals surface area contributed by atoms with Crippen LogP contribution in [0.15, 0.2) is 40.9 Å². The van der Waals surface area contributed by atoms with Crippen LogP contribution in [0.4, 0.5) is 5.69 Å². The minimum atomic E-state index is -0.759. The summed E-state index contributed by atoms with van der Waals surface area (Å²) in [5.74, 6) is -2.73. The van der Waals surface area contributed by atoms with E-state index in [4.69, 9.17) is 4.74 Å². The van der Waals surface area contributed by atoms with Gasteiger partial charge in [0.25, 0.3) is 11.8 Å². The zero-order chi connectivity index (χ0) is 23.4. The molecule has 1 saturated heterocycles. The van der Waals surface area contributed by atoms with Crippen molar-refractivity contribution in [2.24, 2.45) is 5.92 Å². The van der Waals surface area contributed by atoms with E-state index >= 15 is 0 Å². The number of hydrogen-bond acceptors (Lipinski definition) is 5. The fraction of sp³-hybridized carbons (Fsp3) is 0.304. The number of anilines is 1. The van der Waals surface area contributed by atoms with Gasteiger partial charge in [0.2, 0.25) is 5.91 Å². The Hall–Kier alpha value is -3.20. The number of benzene rings is 2. The number of rotatable bonds is 6. The minimum Gasteiger partial charge on any atom is -0.455 e. The normalized spacial score (nSPS) is 15.4. The van der Waals surface area contributed by atoms with E-state index in [1.165, 1.54) is 0 Å². The van der Waals surface area contributed by atoms with Crippen molar-refractivity contribution in [3.63, 3.8) is 0 Å². The molecule has 0 aliphatic carbocycles. The Morgan fingerprint density at radius 1 is 1.09 bits per heavy atom. The van der Waals surface area contributed by atoms with Crippen LogP contribution in [0.3, 0.4) is 0 Å². The van der Waals surface area contributed by atoms with E-state index in [0.717, 1.165) is 26.2 Å². The van der Waals surface area contributed by atoms with Crippen molar-refractivity contribution in [3.8, 4) is 0 Å². The first-order valence-electron chi connectivity index (χ1n) is 10.1. The Balaban J connectivity index is 1.49. The highest BCUT2D eigenvalue weighted by atomic mass is 79.9. The summed E-state index contributed by atoms with van der Waals surface area (Å²) in [6.07, 6.45) is -0.0975. The van der Waals surface area contributed by atoms with Crippen LogP contribution in [0, 0.1) is 26.7 Å². The van der Waals surface area contributed by atoms with Crippen molar-refractivity contribution in [2.75, 3.05) is 18.5 Å². The molecule has 1 heterocycles. The molecule has 1 fully saturated rings. The number of nitrogens with one attached hydrogen (secondary N) is 2. The van der Waals surface area contributed by atoms with Crippen LogP contribution in [0.25, 0.3) is 0 Å². The highest BCUT2D eigenvalue weighted by Crippen LogP contribution is 2.25. The fourth-order valence-corrected chi connectivity index (χ4v) is 3.56. The van der Waals surface area contributed by atoms with Crippen LogP contribution in [0.2, 0.25) is 0 Å². The maximum Gasteiger partial charge on any atom is 0.311 e. The molecule has 168 valence electrons. The van der Waals surface area contributed by atoms with Crippen LogP contribution in [0.5, 0.6) is 0 Å². The highest BCUT2D eigenvalue weighted by molar-refractivity contribution is 9.10. The number of hydrazine groups is 1. The lowest BCUT2D eigenvalue weighted by molar-refractivity contribution is -0.151. The number of esters is 1. The fourth-order valence-electron chi connectivity index (χ4n) is 3.34. The standard InChI is InChI=1S/C23H24BrN3O5/c1-13-4-6-16(7-5-13)22(30)26-27-11-17(10-20(27)29)23(31)32-12-19(28)25-18-8-14(2)21(24)15(3)9-18/h4-9,17H,10-12H2,1-3H3,(H,25,28)(H,26,30)/t17-/m0/s1. The van der Waals surface area contributed by atoms with Crippen LogP contribution in [-0.2, 0) is 19.1 Å². The smallest absolute Gasteiger partial charge is 0.311 e. The quantitative estimate of drug-likeness (QED) is 0.591. The molecule has 1 aliphatic heterocycles. The Morgan fingerprint density at radius 2 is 1.72 bits per heavy atom. The molecule has 1 atom stereocenters. The molecular weight excluding hydrogens is 478 g/mol. The van der Waals surface area contributed by atoms with Gasteiger partial charge in [-0.2, -0.15) is 0 Å². The van der Waals surface area contributed by atoms with E-state index in [-0.39, 0.29) is 13.0 Å². The van der Waals surface area contributed by atoms with Gasteiger partial charge in [0.05, 0.1) is 12.5 Å². The summed E-state index contributed by atoms with van der Waals surface area (Å²) in [5.41, 5.74) is 6.47. The molecule has 0 spiro atoms. The second-order valence-corrected chi connectivity index (χ2v) is 8.59. The molecule has 8 nitrogen and oxygen atoms in total. The summed E-state index contributed by atoms with van der Waals surface area (Å²) in [6.45, 7) is 5.25. The van der Waals surface area contributed by atoms with Gasteiger partial charge >= 0.3 is 5.97 Å². The largest absolute Gasteiger partial charge is 0.455 e. The summed E-state index contributed by atoms with van der Waals surface area (Å²) in [7, 11) is 0. The first kappa shape index (κ1) is 23.5. The molecule has 1 aliphatic rings. The molecule has 2 aromatic carbocycles.